The van der Waals surface area contributed by atoms with Gasteiger partial charge in [-0.25, -0.2) is 0 Å². The lowest BCUT2D eigenvalue weighted by Crippen LogP contribution is -3.00. The van der Waals surface area contributed by atoms with Crippen molar-refractivity contribution in [1.82, 2.24) is 0 Å². The number of hydrogen-bond acceptors (Lipinski definition) is 0. The van der Waals surface area contributed by atoms with Crippen LogP contribution in [0.3, 0.4) is 0 Å². The average Bonchev–Trinajstić information content (AvgIpc) is 2.14. The maximum Gasteiger partial charge on any atom is 0.0786 e. The molecule has 0 aliphatic rings. The van der Waals surface area contributed by atoms with E-state index in [1.54, 1.807) is 0 Å². The molecule has 0 aromatic heterocycles. The van der Waals surface area contributed by atoms with Crippen LogP contribution in [0.25, 0.3) is 0 Å². The summed E-state index contributed by atoms with van der Waals surface area (Å²) in [5.41, 5.74) is 0. The molecule has 0 heterocycles. The lowest BCUT2D eigenvalue weighted by atomic mass is 10.2. The minimum Gasteiger partial charge on any atom is -1.00 e. The van der Waals surface area contributed by atoms with Gasteiger partial charge in [0.15, 0.2) is 0 Å². The van der Waals surface area contributed by atoms with Crippen molar-refractivity contribution in [3.8, 4) is 0 Å². The highest BCUT2D eigenvalue weighted by molar-refractivity contribution is 6.17. The topological polar surface area (TPSA) is 0 Å². The van der Waals surface area contributed by atoms with E-state index in [4.69, 9.17) is 11.6 Å². The summed E-state index contributed by atoms with van der Waals surface area (Å²) in [6.07, 6.45) is 2.45. The molecule has 0 aromatic rings. The second-order valence-electron chi connectivity index (χ2n) is 3.41. The second kappa shape index (κ2) is 9.29. The Hall–Kier alpha value is 0.730. The minimum atomic E-state index is 0. The number of halogens is 2. The fraction of sp³-hybridized carbons (Fsp3) is 1.00. The molecule has 1 nitrogen and oxygen atoms in total. The van der Waals surface area contributed by atoms with Crippen molar-refractivity contribution in [2.75, 3.05) is 32.1 Å². The Morgan fingerprint density at radius 1 is 0.923 bits per heavy atom. The molecule has 0 aliphatic heterocycles. The molecule has 0 atom stereocenters. The Morgan fingerprint density at radius 2 is 1.38 bits per heavy atom. The van der Waals surface area contributed by atoms with Crippen LogP contribution in [0.15, 0.2) is 0 Å². The lowest BCUT2D eigenvalue weighted by molar-refractivity contribution is -0.923. The Morgan fingerprint density at radius 3 is 1.69 bits per heavy atom. The Balaban J connectivity index is 0. The third kappa shape index (κ3) is 5.92. The normalized spacial score (nSPS) is 11.1. The van der Waals surface area contributed by atoms with Gasteiger partial charge in [0.2, 0.25) is 0 Å². The fourth-order valence-electron chi connectivity index (χ4n) is 1.69. The molecular formula is C10H23BrClN. The third-order valence-electron chi connectivity index (χ3n) is 3.03. The summed E-state index contributed by atoms with van der Waals surface area (Å²) in [7, 11) is 0. The molecule has 0 saturated heterocycles. The van der Waals surface area contributed by atoms with E-state index in [2.05, 4.69) is 20.8 Å². The molecule has 0 radical (unpaired) electrons. The van der Waals surface area contributed by atoms with E-state index in [0.717, 1.165) is 5.88 Å². The van der Waals surface area contributed by atoms with E-state index >= 15 is 0 Å². The molecule has 0 fully saturated rings. The Bertz CT molecular complexity index is 96.8. The van der Waals surface area contributed by atoms with E-state index in [-0.39, 0.29) is 17.0 Å². The first-order valence-corrected chi connectivity index (χ1v) is 5.69. The number of quaternary nitrogens is 1. The maximum atomic E-state index is 5.65. The summed E-state index contributed by atoms with van der Waals surface area (Å²) in [4.78, 5) is 0. The van der Waals surface area contributed by atoms with Gasteiger partial charge >= 0.3 is 0 Å². The Kier molecular flexibility index (Phi) is 11.6. The van der Waals surface area contributed by atoms with Crippen LogP contribution in [0.5, 0.6) is 0 Å². The van der Waals surface area contributed by atoms with E-state index in [1.807, 2.05) is 0 Å². The van der Waals surface area contributed by atoms with Gasteiger partial charge in [0.1, 0.15) is 0 Å². The van der Waals surface area contributed by atoms with E-state index in [1.165, 1.54) is 43.5 Å². The molecule has 0 aliphatic carbocycles. The van der Waals surface area contributed by atoms with E-state index < -0.39 is 0 Å². The highest BCUT2D eigenvalue weighted by Gasteiger charge is 2.19. The van der Waals surface area contributed by atoms with E-state index in [0.29, 0.717) is 0 Å². The highest BCUT2D eigenvalue weighted by atomic mass is 79.9. The lowest BCUT2D eigenvalue weighted by Gasteiger charge is -2.35. The zero-order valence-corrected chi connectivity index (χ0v) is 11.5. The molecule has 82 valence electrons. The minimum absolute atomic E-state index is 0. The monoisotopic (exact) mass is 271 g/mol. The number of alkyl halides is 1. The summed E-state index contributed by atoms with van der Waals surface area (Å²) in [6, 6.07) is 0. The number of nitrogens with zero attached hydrogens (tertiary/aromatic N) is 1. The van der Waals surface area contributed by atoms with Crippen LogP contribution < -0.4 is 17.0 Å². The van der Waals surface area contributed by atoms with Crippen molar-refractivity contribution in [3.63, 3.8) is 0 Å². The average molecular weight is 273 g/mol. The molecular weight excluding hydrogens is 249 g/mol. The van der Waals surface area contributed by atoms with Gasteiger partial charge < -0.3 is 21.5 Å². The fourth-order valence-corrected chi connectivity index (χ4v) is 1.88. The van der Waals surface area contributed by atoms with Gasteiger partial charge in [-0.15, -0.1) is 11.6 Å². The summed E-state index contributed by atoms with van der Waals surface area (Å²) in [5.74, 6) is 0.817. The van der Waals surface area contributed by atoms with Gasteiger partial charge in [0.05, 0.1) is 26.2 Å². The van der Waals surface area contributed by atoms with Crippen LogP contribution in [-0.4, -0.2) is 36.5 Å². The summed E-state index contributed by atoms with van der Waals surface area (Å²) >= 11 is 5.65. The van der Waals surface area contributed by atoms with Gasteiger partial charge in [-0.2, -0.15) is 0 Å². The largest absolute Gasteiger partial charge is 1.00 e. The van der Waals surface area contributed by atoms with Crippen LogP contribution in [0.4, 0.5) is 0 Å². The summed E-state index contributed by atoms with van der Waals surface area (Å²) < 4.78 is 1.26. The van der Waals surface area contributed by atoms with Crippen molar-refractivity contribution in [2.24, 2.45) is 0 Å². The van der Waals surface area contributed by atoms with Gasteiger partial charge in [-0.05, 0) is 33.6 Å². The molecule has 0 aromatic carbocycles. The number of rotatable bonds is 7. The second-order valence-corrected chi connectivity index (χ2v) is 3.79. The first kappa shape index (κ1) is 16.2. The predicted molar refractivity (Wildman–Crippen MR) is 56.7 cm³/mol. The SMILES string of the molecule is CC[N+](CC)(CC)CCCCCl.[Br-]. The number of hydrogen-bond donors (Lipinski definition) is 0. The van der Waals surface area contributed by atoms with Crippen molar-refractivity contribution in [3.05, 3.63) is 0 Å². The standard InChI is InChI=1S/C10H23ClN.BrH/c1-4-12(5-2,6-3)10-8-7-9-11;/h4-10H2,1-3H3;1H/q+1;/p-1. The van der Waals surface area contributed by atoms with Gasteiger partial charge in [-0.3, -0.25) is 0 Å². The van der Waals surface area contributed by atoms with Crippen LogP contribution in [0.2, 0.25) is 0 Å². The quantitative estimate of drug-likeness (QED) is 0.345. The molecule has 0 spiro atoms. The van der Waals surface area contributed by atoms with Gasteiger partial charge in [-0.1, -0.05) is 0 Å². The maximum absolute atomic E-state index is 5.65. The van der Waals surface area contributed by atoms with Crippen molar-refractivity contribution < 1.29 is 21.5 Å². The smallest absolute Gasteiger partial charge is 0.0786 e. The van der Waals surface area contributed by atoms with Crippen LogP contribution in [0.1, 0.15) is 33.6 Å². The first-order chi connectivity index (χ1) is 5.74. The van der Waals surface area contributed by atoms with Gasteiger partial charge in [0.25, 0.3) is 0 Å². The molecule has 0 amide bonds. The predicted octanol–water partition coefficient (Wildman–Crippen LogP) is -0.114. The van der Waals surface area contributed by atoms with Crippen molar-refractivity contribution in [2.45, 2.75) is 33.6 Å². The zero-order chi connectivity index (χ0) is 9.45. The molecule has 13 heavy (non-hydrogen) atoms. The van der Waals surface area contributed by atoms with Crippen molar-refractivity contribution >= 4 is 11.6 Å². The summed E-state index contributed by atoms with van der Waals surface area (Å²) in [6.45, 7) is 11.9. The highest BCUT2D eigenvalue weighted by Crippen LogP contribution is 2.08. The zero-order valence-electron chi connectivity index (χ0n) is 9.15. The van der Waals surface area contributed by atoms with Crippen LogP contribution in [0, 0.1) is 0 Å². The van der Waals surface area contributed by atoms with Crippen LogP contribution >= 0.6 is 11.6 Å². The first-order valence-electron chi connectivity index (χ1n) is 5.15. The molecule has 0 unspecified atom stereocenters. The molecule has 0 bridgehead atoms. The molecule has 0 rings (SSSR count). The Labute approximate surface area is 98.8 Å². The van der Waals surface area contributed by atoms with E-state index in [9.17, 15) is 0 Å². The van der Waals surface area contributed by atoms with Crippen molar-refractivity contribution in [1.29, 1.82) is 0 Å². The molecule has 0 N–H and O–H groups in total. The summed E-state index contributed by atoms with van der Waals surface area (Å²) in [5, 5.41) is 0. The third-order valence-corrected chi connectivity index (χ3v) is 3.30. The van der Waals surface area contributed by atoms with Gasteiger partial charge in [0, 0.05) is 5.88 Å². The number of unbranched alkanes of at least 4 members (excludes halogenated alkanes) is 1. The molecule has 0 saturated carbocycles. The van der Waals surface area contributed by atoms with Crippen LogP contribution in [-0.2, 0) is 0 Å². The molecule has 3 heteroatoms.